The molecule has 0 saturated heterocycles. The molecule has 0 heteroatoms. The zero-order chi connectivity index (χ0) is 16.5. The lowest BCUT2D eigenvalue weighted by molar-refractivity contribution is 0.409. The Morgan fingerprint density at radius 1 is 0.545 bits per heavy atom. The van der Waals surface area contributed by atoms with Crippen LogP contribution in [-0.4, -0.2) is 0 Å². The standard InChI is InChI=1S/C22H45/c1-5-7-8-9-10-11-12-13-14-15-16-18-22(4)20-17-19-21(3)6-2/h21-22H,2,5-20H2,1,3-4H3. The minimum Gasteiger partial charge on any atom is -0.0654 e. The van der Waals surface area contributed by atoms with Crippen molar-refractivity contribution in [2.75, 3.05) is 0 Å². The van der Waals surface area contributed by atoms with Crippen molar-refractivity contribution in [1.29, 1.82) is 0 Å². The first-order valence-electron chi connectivity index (χ1n) is 10.5. The minimum absolute atomic E-state index is 0.828. The summed E-state index contributed by atoms with van der Waals surface area (Å²) in [5, 5.41) is 0. The van der Waals surface area contributed by atoms with E-state index >= 15 is 0 Å². The molecule has 0 fully saturated rings. The highest BCUT2D eigenvalue weighted by Gasteiger charge is 2.04. The van der Waals surface area contributed by atoms with E-state index in [1.165, 1.54) is 96.3 Å². The second kappa shape index (κ2) is 17.4. The van der Waals surface area contributed by atoms with Crippen molar-refractivity contribution in [2.45, 2.75) is 124 Å². The van der Waals surface area contributed by atoms with Crippen LogP contribution in [0.2, 0.25) is 0 Å². The summed E-state index contributed by atoms with van der Waals surface area (Å²) in [6, 6.07) is 0. The largest absolute Gasteiger partial charge is 0.0654 e. The highest BCUT2D eigenvalue weighted by Crippen LogP contribution is 2.20. The van der Waals surface area contributed by atoms with E-state index in [1.54, 1.807) is 0 Å². The van der Waals surface area contributed by atoms with Crippen molar-refractivity contribution in [2.24, 2.45) is 11.8 Å². The van der Waals surface area contributed by atoms with E-state index in [0.29, 0.717) is 0 Å². The summed E-state index contributed by atoms with van der Waals surface area (Å²) in [5.41, 5.74) is 0. The van der Waals surface area contributed by atoms with Crippen molar-refractivity contribution in [3.63, 3.8) is 0 Å². The summed E-state index contributed by atoms with van der Waals surface area (Å²) in [5.74, 6) is 1.77. The summed E-state index contributed by atoms with van der Waals surface area (Å²) in [7, 11) is 0. The van der Waals surface area contributed by atoms with Gasteiger partial charge in [0.15, 0.2) is 0 Å². The molecule has 0 saturated carbocycles. The van der Waals surface area contributed by atoms with E-state index in [0.717, 1.165) is 18.3 Å². The van der Waals surface area contributed by atoms with Crippen LogP contribution in [0.3, 0.4) is 0 Å². The molecule has 2 unspecified atom stereocenters. The molecule has 133 valence electrons. The molecule has 0 aliphatic carbocycles. The van der Waals surface area contributed by atoms with Gasteiger partial charge in [0.25, 0.3) is 0 Å². The Kier molecular flexibility index (Phi) is 17.4. The average molecular weight is 310 g/mol. The van der Waals surface area contributed by atoms with Gasteiger partial charge in [-0.15, -0.1) is 0 Å². The van der Waals surface area contributed by atoms with Crippen molar-refractivity contribution in [1.82, 2.24) is 0 Å². The SMILES string of the molecule is [CH2]CC(C)CCCC(C)CCCCCCCCCCCCC. The van der Waals surface area contributed by atoms with Gasteiger partial charge in [0.05, 0.1) is 0 Å². The number of unbranched alkanes of at least 4 members (excludes halogenated alkanes) is 10. The van der Waals surface area contributed by atoms with Gasteiger partial charge in [-0.3, -0.25) is 0 Å². The Morgan fingerprint density at radius 3 is 1.45 bits per heavy atom. The number of rotatable bonds is 17. The third-order valence-corrected chi connectivity index (χ3v) is 5.19. The molecule has 0 bridgehead atoms. The quantitative estimate of drug-likeness (QED) is 0.237. The van der Waals surface area contributed by atoms with E-state index < -0.39 is 0 Å². The third-order valence-electron chi connectivity index (χ3n) is 5.19. The first-order valence-corrected chi connectivity index (χ1v) is 10.5. The van der Waals surface area contributed by atoms with Gasteiger partial charge < -0.3 is 0 Å². The molecule has 0 aromatic rings. The second-order valence-corrected chi connectivity index (χ2v) is 7.75. The lowest BCUT2D eigenvalue weighted by Crippen LogP contribution is -1.98. The molecule has 0 nitrogen and oxygen atoms in total. The summed E-state index contributed by atoms with van der Waals surface area (Å²) in [4.78, 5) is 0. The maximum absolute atomic E-state index is 3.99. The molecule has 0 spiro atoms. The van der Waals surface area contributed by atoms with Gasteiger partial charge in [0.2, 0.25) is 0 Å². The molecule has 1 radical (unpaired) electrons. The lowest BCUT2D eigenvalue weighted by atomic mass is 9.93. The zero-order valence-electron chi connectivity index (χ0n) is 16.2. The predicted octanol–water partition coefficient (Wildman–Crippen LogP) is 8.35. The maximum atomic E-state index is 3.99. The molecule has 0 aliphatic rings. The molecule has 0 aromatic carbocycles. The van der Waals surface area contributed by atoms with Crippen molar-refractivity contribution in [3.8, 4) is 0 Å². The van der Waals surface area contributed by atoms with Gasteiger partial charge in [-0.25, -0.2) is 0 Å². The minimum atomic E-state index is 0.828. The lowest BCUT2D eigenvalue weighted by Gasteiger charge is -2.13. The molecule has 0 heterocycles. The van der Waals surface area contributed by atoms with Gasteiger partial charge in [-0.2, -0.15) is 0 Å². The van der Waals surface area contributed by atoms with Gasteiger partial charge in [-0.05, 0) is 11.8 Å². The van der Waals surface area contributed by atoms with Crippen LogP contribution in [0.1, 0.15) is 124 Å². The van der Waals surface area contributed by atoms with Gasteiger partial charge >= 0.3 is 0 Å². The molecule has 0 N–H and O–H groups in total. The smallest absolute Gasteiger partial charge is 0.0443 e. The van der Waals surface area contributed by atoms with E-state index in [9.17, 15) is 0 Å². The van der Waals surface area contributed by atoms with Crippen molar-refractivity contribution < 1.29 is 0 Å². The number of hydrogen-bond acceptors (Lipinski definition) is 0. The van der Waals surface area contributed by atoms with Crippen LogP contribution in [-0.2, 0) is 0 Å². The molecule has 0 aliphatic heterocycles. The Labute approximate surface area is 142 Å². The van der Waals surface area contributed by atoms with Gasteiger partial charge in [-0.1, -0.05) is 130 Å². The first kappa shape index (κ1) is 22.0. The monoisotopic (exact) mass is 309 g/mol. The molecule has 0 rings (SSSR count). The van der Waals surface area contributed by atoms with Gasteiger partial charge in [0.1, 0.15) is 0 Å². The van der Waals surface area contributed by atoms with Crippen LogP contribution in [0, 0.1) is 18.8 Å². The molecule has 2 atom stereocenters. The zero-order valence-corrected chi connectivity index (χ0v) is 16.2. The summed E-state index contributed by atoms with van der Waals surface area (Å²) in [6.45, 7) is 11.1. The molecular weight excluding hydrogens is 264 g/mol. The first-order chi connectivity index (χ1) is 10.7. The van der Waals surface area contributed by atoms with Crippen LogP contribution in [0.25, 0.3) is 0 Å². The Morgan fingerprint density at radius 2 is 0.955 bits per heavy atom. The van der Waals surface area contributed by atoms with Crippen LogP contribution in [0.5, 0.6) is 0 Å². The summed E-state index contributed by atoms with van der Waals surface area (Å²) in [6.07, 6.45) is 22.8. The van der Waals surface area contributed by atoms with Crippen molar-refractivity contribution in [3.05, 3.63) is 6.92 Å². The second-order valence-electron chi connectivity index (χ2n) is 7.75. The number of hydrogen-bond donors (Lipinski definition) is 0. The van der Waals surface area contributed by atoms with E-state index in [-0.39, 0.29) is 0 Å². The van der Waals surface area contributed by atoms with Crippen molar-refractivity contribution >= 4 is 0 Å². The fraction of sp³-hybridized carbons (Fsp3) is 0.955. The fourth-order valence-electron chi connectivity index (χ4n) is 3.26. The van der Waals surface area contributed by atoms with Gasteiger partial charge in [0, 0.05) is 0 Å². The molecule has 22 heavy (non-hydrogen) atoms. The Bertz CT molecular complexity index is 196. The fourth-order valence-corrected chi connectivity index (χ4v) is 3.26. The third kappa shape index (κ3) is 16.4. The van der Waals surface area contributed by atoms with Crippen LogP contribution in [0.4, 0.5) is 0 Å². The van der Waals surface area contributed by atoms with E-state index in [4.69, 9.17) is 0 Å². The molecule has 0 aromatic heterocycles. The maximum Gasteiger partial charge on any atom is -0.0443 e. The highest BCUT2D eigenvalue weighted by atomic mass is 14.1. The molecule has 0 amide bonds. The summed E-state index contributed by atoms with van der Waals surface area (Å²) >= 11 is 0. The Hall–Kier alpha value is 0. The highest BCUT2D eigenvalue weighted by molar-refractivity contribution is 4.59. The molecular formula is C22H45. The van der Waals surface area contributed by atoms with E-state index in [2.05, 4.69) is 27.7 Å². The van der Waals surface area contributed by atoms with Crippen LogP contribution < -0.4 is 0 Å². The van der Waals surface area contributed by atoms with Crippen LogP contribution >= 0.6 is 0 Å². The van der Waals surface area contributed by atoms with Crippen LogP contribution in [0.15, 0.2) is 0 Å². The summed E-state index contributed by atoms with van der Waals surface area (Å²) < 4.78 is 0. The average Bonchev–Trinajstić information content (AvgIpc) is 2.52. The normalized spacial score (nSPS) is 14.2. The van der Waals surface area contributed by atoms with E-state index in [1.807, 2.05) is 0 Å². The predicted molar refractivity (Wildman–Crippen MR) is 103 cm³/mol. The Balaban J connectivity index is 3.15. The topological polar surface area (TPSA) is 0 Å².